The minimum absolute atomic E-state index is 0.0193. The van der Waals surface area contributed by atoms with E-state index < -0.39 is 40.7 Å². The number of hydrogen-bond acceptors (Lipinski definition) is 8. The molecule has 0 aliphatic heterocycles. The number of alkyl halides is 3. The molecule has 0 saturated carbocycles. The topological polar surface area (TPSA) is 127 Å². The first-order valence-electron chi connectivity index (χ1n) is 12.6. The van der Waals surface area contributed by atoms with Crippen molar-refractivity contribution in [3.05, 3.63) is 65.6 Å². The molecule has 0 N–H and O–H groups in total. The van der Waals surface area contributed by atoms with Crippen LogP contribution in [0.5, 0.6) is 5.75 Å². The van der Waals surface area contributed by atoms with Gasteiger partial charge in [-0.25, -0.2) is 4.79 Å². The van der Waals surface area contributed by atoms with Crippen molar-refractivity contribution < 1.29 is 36.7 Å². The number of halogens is 4. The molecule has 3 aromatic heterocycles. The van der Waals surface area contributed by atoms with E-state index in [0.717, 1.165) is 26.5 Å². The summed E-state index contributed by atoms with van der Waals surface area (Å²) in [5.74, 6) is -1.59. The summed E-state index contributed by atoms with van der Waals surface area (Å²) < 4.78 is 56.6. The molecule has 0 atom stereocenters. The molecule has 0 spiro atoms. The highest BCUT2D eigenvalue weighted by atomic mass is 35.5. The van der Waals surface area contributed by atoms with Crippen LogP contribution in [-0.2, 0) is 41.6 Å². The lowest BCUT2D eigenvalue weighted by molar-refractivity contribution is -0.274. The number of aromatic nitrogens is 3. The Hall–Kier alpha value is -4.11. The van der Waals surface area contributed by atoms with Crippen LogP contribution in [0.4, 0.5) is 13.2 Å². The van der Waals surface area contributed by atoms with Crippen LogP contribution in [0, 0.1) is 12.3 Å². The Morgan fingerprint density at radius 1 is 1.12 bits per heavy atom. The van der Waals surface area contributed by atoms with E-state index in [2.05, 4.69) is 9.73 Å². The summed E-state index contributed by atoms with van der Waals surface area (Å²) in [6, 6.07) is 3.60. The van der Waals surface area contributed by atoms with Gasteiger partial charge in [-0.05, 0) is 45.9 Å². The molecular weight excluding hydrogens is 617 g/mol. The molecule has 0 bridgehead atoms. The van der Waals surface area contributed by atoms with Crippen LogP contribution < -0.4 is 20.8 Å². The molecule has 0 saturated heterocycles. The first-order chi connectivity index (χ1) is 19.9. The maximum atomic E-state index is 13.2. The number of ether oxygens (including phenoxy) is 2. The van der Waals surface area contributed by atoms with Crippen LogP contribution in [0.1, 0.15) is 32.1 Å². The Balaban J connectivity index is 1.77. The fourth-order valence-electron chi connectivity index (χ4n) is 4.08. The van der Waals surface area contributed by atoms with Gasteiger partial charge in [-0.3, -0.25) is 28.1 Å². The number of furan rings is 1. The third-order valence-corrected chi connectivity index (χ3v) is 7.48. The molecule has 1 amide bonds. The smallest absolute Gasteiger partial charge is 0.444 e. The van der Waals surface area contributed by atoms with Crippen LogP contribution >= 0.6 is 22.9 Å². The molecule has 16 heteroatoms. The summed E-state index contributed by atoms with van der Waals surface area (Å²) in [6.07, 6.45) is -5.30. The van der Waals surface area contributed by atoms with Crippen molar-refractivity contribution in [1.82, 2.24) is 13.7 Å². The first kappa shape index (κ1) is 31.8. The van der Waals surface area contributed by atoms with E-state index in [1.165, 1.54) is 30.8 Å². The van der Waals surface area contributed by atoms with Gasteiger partial charge >= 0.3 is 18.0 Å². The number of hydrogen-bond donors (Lipinski definition) is 0. The van der Waals surface area contributed by atoms with Gasteiger partial charge in [0.15, 0.2) is 11.5 Å². The van der Waals surface area contributed by atoms with Gasteiger partial charge in [0.1, 0.15) is 16.9 Å². The number of fused-ring (bicyclic) bond motifs is 1. The van der Waals surface area contributed by atoms with E-state index in [4.69, 9.17) is 20.8 Å². The molecule has 4 rings (SSSR count). The second-order valence-corrected chi connectivity index (χ2v) is 11.8. The van der Waals surface area contributed by atoms with Crippen LogP contribution in [0.15, 0.2) is 42.6 Å². The van der Waals surface area contributed by atoms with E-state index in [0.29, 0.717) is 11.3 Å². The number of rotatable bonds is 6. The summed E-state index contributed by atoms with van der Waals surface area (Å²) in [7, 11) is 2.75. The third kappa shape index (κ3) is 6.62. The van der Waals surface area contributed by atoms with Gasteiger partial charge in [-0.15, -0.1) is 24.5 Å². The van der Waals surface area contributed by atoms with Gasteiger partial charge in [0.05, 0.1) is 22.6 Å². The zero-order chi connectivity index (χ0) is 32.0. The molecule has 1 aromatic carbocycles. The van der Waals surface area contributed by atoms with Crippen molar-refractivity contribution in [3.8, 4) is 17.0 Å². The quantitative estimate of drug-likeness (QED) is 0.285. The summed E-state index contributed by atoms with van der Waals surface area (Å²) in [6.45, 7) is 6.13. The second-order valence-electron chi connectivity index (χ2n) is 10.5. The van der Waals surface area contributed by atoms with Gasteiger partial charge in [-0.2, -0.15) is 4.99 Å². The molecule has 0 radical (unpaired) electrons. The highest BCUT2D eigenvalue weighted by Gasteiger charge is 2.32. The number of carbonyl (C=O) groups excluding carboxylic acids is 2. The molecule has 43 heavy (non-hydrogen) atoms. The van der Waals surface area contributed by atoms with Crippen molar-refractivity contribution in [2.24, 2.45) is 24.5 Å². The molecule has 3 heterocycles. The van der Waals surface area contributed by atoms with Crippen LogP contribution in [0.2, 0.25) is 5.02 Å². The third-order valence-electron chi connectivity index (χ3n) is 6.32. The Morgan fingerprint density at radius 3 is 2.40 bits per heavy atom. The highest BCUT2D eigenvalue weighted by Crippen LogP contribution is 2.34. The average molecular weight is 643 g/mol. The van der Waals surface area contributed by atoms with Crippen LogP contribution in [-0.4, -0.2) is 31.9 Å². The lowest BCUT2D eigenvalue weighted by atomic mass is 9.98. The maximum absolute atomic E-state index is 13.2. The van der Waals surface area contributed by atoms with Gasteiger partial charge in [0.25, 0.3) is 11.5 Å². The van der Waals surface area contributed by atoms with E-state index in [1.807, 2.05) is 0 Å². The number of carbonyl (C=O) groups is 2. The first-order valence-corrected chi connectivity index (χ1v) is 13.8. The zero-order valence-corrected chi connectivity index (χ0v) is 25.4. The van der Waals surface area contributed by atoms with Crippen molar-refractivity contribution in [2.45, 2.75) is 47.2 Å². The van der Waals surface area contributed by atoms with Gasteiger partial charge in [0, 0.05) is 30.6 Å². The second kappa shape index (κ2) is 11.5. The lowest BCUT2D eigenvalue weighted by Gasteiger charge is -2.18. The molecule has 0 aliphatic rings. The van der Waals surface area contributed by atoms with E-state index in [9.17, 15) is 32.3 Å². The standard InChI is InChI=1S/C27H26ClF3N4O7S/c1-13-15(20-21(37)33(5)25(39)34(6)22(20)41-13)10-19(36)32-24-35(12-40-23(38)26(2,3)4)17(11-43-24)14-7-8-18(16(28)9-14)42-27(29,30)31/h7-9,11H,10,12H2,1-6H3. The molecule has 230 valence electrons. The fourth-order valence-corrected chi connectivity index (χ4v) is 5.21. The predicted molar refractivity (Wildman–Crippen MR) is 151 cm³/mol. The number of thiazole rings is 1. The number of nitrogens with zero attached hydrogens (tertiary/aromatic N) is 4. The predicted octanol–water partition coefficient (Wildman–Crippen LogP) is 4.44. The lowest BCUT2D eigenvalue weighted by Crippen LogP contribution is -2.36. The number of esters is 1. The van der Waals surface area contributed by atoms with Gasteiger partial charge in [-0.1, -0.05) is 11.6 Å². The minimum Gasteiger partial charge on any atom is -0.444 e. The van der Waals surface area contributed by atoms with Crippen LogP contribution in [0.25, 0.3) is 22.4 Å². The summed E-state index contributed by atoms with van der Waals surface area (Å²) in [4.78, 5) is 55.2. The highest BCUT2D eigenvalue weighted by molar-refractivity contribution is 7.07. The zero-order valence-electron chi connectivity index (χ0n) is 23.8. The van der Waals surface area contributed by atoms with Gasteiger partial charge < -0.3 is 13.9 Å². The average Bonchev–Trinajstić information content (AvgIpc) is 3.44. The molecule has 0 fully saturated rings. The number of amides is 1. The maximum Gasteiger partial charge on any atom is 0.573 e. The Labute approximate surface area is 250 Å². The fraction of sp³-hybridized carbons (Fsp3) is 0.370. The summed E-state index contributed by atoms with van der Waals surface area (Å²) in [5.41, 5.74) is -1.12. The molecular formula is C27H26ClF3N4O7S. The van der Waals surface area contributed by atoms with E-state index in [-0.39, 0.29) is 45.4 Å². The van der Waals surface area contributed by atoms with Gasteiger partial charge in [0.2, 0.25) is 5.71 Å². The van der Waals surface area contributed by atoms with Crippen molar-refractivity contribution in [1.29, 1.82) is 0 Å². The Kier molecular flexibility index (Phi) is 8.53. The largest absolute Gasteiger partial charge is 0.573 e. The SMILES string of the molecule is Cc1oc2c(c1CC(=O)N=c1scc(-c3ccc(OC(F)(F)F)c(Cl)c3)n1COC(=O)C(C)(C)C)c(=O)n(C)c(=O)n2C. The molecule has 4 aromatic rings. The molecule has 11 nitrogen and oxygen atoms in total. The van der Waals surface area contributed by atoms with Crippen molar-refractivity contribution in [2.75, 3.05) is 0 Å². The van der Waals surface area contributed by atoms with E-state index >= 15 is 0 Å². The van der Waals surface area contributed by atoms with Crippen LogP contribution in [0.3, 0.4) is 0 Å². The number of benzene rings is 1. The van der Waals surface area contributed by atoms with E-state index in [1.54, 1.807) is 33.1 Å². The Bertz CT molecular complexity index is 1940. The summed E-state index contributed by atoms with van der Waals surface area (Å²) >= 11 is 7.06. The van der Waals surface area contributed by atoms with Crippen molar-refractivity contribution >= 4 is 45.9 Å². The Morgan fingerprint density at radius 2 is 1.79 bits per heavy atom. The monoisotopic (exact) mass is 642 g/mol. The molecule has 0 aliphatic carbocycles. The molecule has 0 unspecified atom stereocenters. The van der Waals surface area contributed by atoms with Crippen molar-refractivity contribution in [3.63, 3.8) is 0 Å². The minimum atomic E-state index is -4.95. The normalized spacial score (nSPS) is 12.7. The summed E-state index contributed by atoms with van der Waals surface area (Å²) in [5, 5.41) is 1.31. The number of aryl methyl sites for hydroxylation is 2.